The van der Waals surface area contributed by atoms with Gasteiger partial charge in [0.2, 0.25) is 0 Å². The minimum atomic E-state index is -4.82. The number of hydrogen-bond donors (Lipinski definition) is 5. The molecule has 5 N–H and O–H groups in total. The number of phosphoric ester groups is 1. The topological polar surface area (TPSA) is 162 Å². The van der Waals surface area contributed by atoms with E-state index in [9.17, 15) is 9.36 Å². The van der Waals surface area contributed by atoms with Gasteiger partial charge in [-0.05, 0) is 0 Å². The largest absolute Gasteiger partial charge is 1.00 e. The van der Waals surface area contributed by atoms with Crippen LogP contribution in [0.1, 0.15) is 4.28 Å². The van der Waals surface area contributed by atoms with Crippen LogP contribution in [0.5, 0.6) is 0 Å². The summed E-state index contributed by atoms with van der Waals surface area (Å²) in [5, 5.41) is 21.5. The Kier molecular flexibility index (Phi) is 45.2. The molecule has 0 amide bonds. The van der Waals surface area contributed by atoms with E-state index in [2.05, 4.69) is 4.52 Å². The zero-order valence-corrected chi connectivity index (χ0v) is 17.6. The van der Waals surface area contributed by atoms with Gasteiger partial charge in [-0.15, -0.1) is 12.4 Å². The van der Waals surface area contributed by atoms with Crippen molar-refractivity contribution in [2.75, 3.05) is 0 Å². The Bertz CT molecular complexity index is 228. The van der Waals surface area contributed by atoms with Gasteiger partial charge in [-0.2, -0.15) is 0 Å². The number of rotatable bonds is 1. The summed E-state index contributed by atoms with van der Waals surface area (Å²) in [5.74, 6) is 0. The summed E-state index contributed by atoms with van der Waals surface area (Å²) in [5.41, 5.74) is 0. The quantitative estimate of drug-likeness (QED) is 0.232. The van der Waals surface area contributed by atoms with Gasteiger partial charge in [-0.3, -0.25) is 9.79 Å². The number of carboxylic acid groups (broad SMARTS) is 3. The van der Waals surface area contributed by atoms with Crippen LogP contribution in [0.2, 0.25) is 0 Å². The van der Waals surface area contributed by atoms with E-state index in [-0.39, 0.29) is 127 Å². The zero-order valence-electron chi connectivity index (χ0n) is 11.7. The second-order valence-corrected chi connectivity index (χ2v) is 2.29. The van der Waals surface area contributed by atoms with E-state index in [0.717, 1.165) is 0 Å². The SMILES string of the molecule is Cl.O=C(O)O.O=C(O)OP(=O)(O)O.[H-].[H-].[H-].[K+].[Na+].[Na+]. The Morgan fingerprint density at radius 2 is 1.25 bits per heavy atom. The van der Waals surface area contributed by atoms with Crippen molar-refractivity contribution in [3.8, 4) is 0 Å². The molecule has 0 heterocycles. The molecule has 0 bridgehead atoms. The first-order chi connectivity index (χ1) is 5.15. The van der Waals surface area contributed by atoms with Crippen LogP contribution in [0.15, 0.2) is 0 Å². The molecule has 0 unspecified atom stereocenters. The molecule has 0 fully saturated rings. The molecule has 9 nitrogen and oxygen atoms in total. The van der Waals surface area contributed by atoms with Crippen LogP contribution in [-0.2, 0) is 9.09 Å². The van der Waals surface area contributed by atoms with E-state index < -0.39 is 20.1 Å². The fourth-order valence-corrected chi connectivity index (χ4v) is 0.305. The third-order valence-electron chi connectivity index (χ3n) is 0.197. The fraction of sp³-hybridized carbons (Fsp3) is 0. The van der Waals surface area contributed by atoms with E-state index in [1.807, 2.05) is 0 Å². The van der Waals surface area contributed by atoms with Crippen LogP contribution in [0.4, 0.5) is 9.59 Å². The van der Waals surface area contributed by atoms with Gasteiger partial charge in [-0.25, -0.2) is 14.2 Å². The minimum absolute atomic E-state index is 0. The number of hydrogen-bond acceptors (Lipinski definition) is 4. The third kappa shape index (κ3) is 69.9. The van der Waals surface area contributed by atoms with Crippen molar-refractivity contribution < 1.29 is 159 Å². The predicted octanol–water partition coefficient (Wildman–Crippen LogP) is -8.23. The number of carbonyl (C=O) groups is 2. The molecule has 14 heteroatoms. The summed E-state index contributed by atoms with van der Waals surface area (Å²) < 4.78 is 12.6. The van der Waals surface area contributed by atoms with Gasteiger partial charge in [0.25, 0.3) is 0 Å². The van der Waals surface area contributed by atoms with Crippen LogP contribution in [-0.4, -0.2) is 37.4 Å². The molecule has 16 heavy (non-hydrogen) atoms. The molecule has 0 aliphatic rings. The maximum atomic E-state index is 9.53. The molecule has 0 saturated heterocycles. The van der Waals surface area contributed by atoms with Crippen molar-refractivity contribution in [2.24, 2.45) is 0 Å². The van der Waals surface area contributed by atoms with Crippen molar-refractivity contribution in [2.45, 2.75) is 0 Å². The zero-order chi connectivity index (χ0) is 10.4. The summed E-state index contributed by atoms with van der Waals surface area (Å²) >= 11 is 0. The third-order valence-corrected chi connectivity index (χ3v) is 0.591. The summed E-state index contributed by atoms with van der Waals surface area (Å²) in [4.78, 5) is 33.2. The van der Waals surface area contributed by atoms with Crippen LogP contribution in [0.3, 0.4) is 0 Å². The standard InChI is InChI=1S/CH3O6P.CH2O3.ClH.K.2Na.3H/c2-1(3)7-8(4,5)6;2-1(3)4;;;;;;;/h(H,2,3)(H2,4,5,6);(H2,2,3,4);1H;;;;;;/q;;;3*+1;3*-1. The van der Waals surface area contributed by atoms with E-state index in [1.54, 1.807) is 0 Å². The van der Waals surface area contributed by atoms with Crippen molar-refractivity contribution >= 4 is 32.5 Å². The molecule has 86 valence electrons. The summed E-state index contributed by atoms with van der Waals surface area (Å²) in [6.07, 6.45) is -3.82. The molecular weight excluding hydrogens is 320 g/mol. The van der Waals surface area contributed by atoms with Gasteiger partial charge in [0, 0.05) is 0 Å². The van der Waals surface area contributed by atoms with Crippen molar-refractivity contribution in [1.82, 2.24) is 0 Å². The molecule has 0 rings (SSSR count). The Morgan fingerprint density at radius 3 is 1.25 bits per heavy atom. The van der Waals surface area contributed by atoms with E-state index >= 15 is 0 Å². The Morgan fingerprint density at radius 1 is 1.06 bits per heavy atom. The summed E-state index contributed by atoms with van der Waals surface area (Å²) in [7, 11) is -4.82. The van der Waals surface area contributed by atoms with Gasteiger partial charge in [-0.1, -0.05) is 0 Å². The van der Waals surface area contributed by atoms with Crippen LogP contribution >= 0.6 is 20.2 Å². The monoisotopic (exact) mass is 328 g/mol. The second kappa shape index (κ2) is 19.9. The van der Waals surface area contributed by atoms with E-state index in [4.69, 9.17) is 29.9 Å². The maximum Gasteiger partial charge on any atom is 1.00 e. The first-order valence-electron chi connectivity index (χ1n) is 2.05. The normalized spacial score (nSPS) is 6.88. The Balaban J connectivity index is -0.0000000119. The van der Waals surface area contributed by atoms with Gasteiger partial charge in [0.05, 0.1) is 0 Å². The summed E-state index contributed by atoms with van der Waals surface area (Å²) in [6.45, 7) is 0. The van der Waals surface area contributed by atoms with Gasteiger partial charge < -0.3 is 24.1 Å². The maximum absolute atomic E-state index is 9.53. The Hall–Kier alpha value is 2.62. The van der Waals surface area contributed by atoms with E-state index in [0.29, 0.717) is 0 Å². The molecule has 0 aliphatic heterocycles. The summed E-state index contributed by atoms with van der Waals surface area (Å²) in [6, 6.07) is 0. The number of halogens is 1. The van der Waals surface area contributed by atoms with Crippen LogP contribution in [0.25, 0.3) is 0 Å². The molecule has 0 aromatic carbocycles. The molecule has 0 aromatic heterocycles. The second-order valence-electron chi connectivity index (χ2n) is 1.13. The Labute approximate surface area is 187 Å². The van der Waals surface area contributed by atoms with Gasteiger partial charge in [0.15, 0.2) is 0 Å². The molecule has 0 aromatic rings. The smallest absolute Gasteiger partial charge is 1.00 e. The van der Waals surface area contributed by atoms with E-state index in [1.165, 1.54) is 0 Å². The average molecular weight is 329 g/mol. The van der Waals surface area contributed by atoms with Crippen molar-refractivity contribution in [3.05, 3.63) is 0 Å². The molecule has 0 saturated carbocycles. The van der Waals surface area contributed by atoms with Crippen LogP contribution in [0, 0.1) is 0 Å². The molecule has 0 radical (unpaired) electrons. The fourth-order valence-electron chi connectivity index (χ4n) is 0.102. The minimum Gasteiger partial charge on any atom is -1.00 e. The molecule has 0 aliphatic carbocycles. The van der Waals surface area contributed by atoms with Crippen molar-refractivity contribution in [3.63, 3.8) is 0 Å². The van der Waals surface area contributed by atoms with Gasteiger partial charge in [0.1, 0.15) is 0 Å². The molecule has 0 spiro atoms. The average Bonchev–Trinajstić information content (AvgIpc) is 1.52. The first kappa shape index (κ1) is 36.3. The first-order valence-corrected chi connectivity index (χ1v) is 3.58. The van der Waals surface area contributed by atoms with Crippen molar-refractivity contribution in [1.29, 1.82) is 0 Å². The predicted molar refractivity (Wildman–Crippen MR) is 42.4 cm³/mol. The van der Waals surface area contributed by atoms with Crippen LogP contribution < -0.4 is 110 Å². The molecule has 0 atom stereocenters. The van der Waals surface area contributed by atoms with Gasteiger partial charge >= 0.3 is 131 Å². The molecular formula is C2H9ClKNa2O9P. The number of phosphoric acid groups is 1.